The molecule has 4 N–H and O–H groups in total. The minimum Gasteiger partial charge on any atom is -1.00 e. The molecule has 0 rings (SSSR count). The molecule has 0 atom stereocenters. The Hall–Kier alpha value is 6.67. The Labute approximate surface area is 283 Å². The van der Waals surface area contributed by atoms with E-state index in [1.165, 1.54) is 0 Å². The Morgan fingerprint density at radius 1 is 0.611 bits per heavy atom. The Balaban J connectivity index is -0.00000000190. The van der Waals surface area contributed by atoms with E-state index in [9.17, 15) is 0 Å². The predicted octanol–water partition coefficient (Wildman–Crippen LogP) is -6.27. The zero-order valence-corrected chi connectivity index (χ0v) is 24.9. The van der Waals surface area contributed by atoms with Crippen molar-refractivity contribution in [3.05, 3.63) is 0 Å². The fourth-order valence-corrected chi connectivity index (χ4v) is 0. The van der Waals surface area contributed by atoms with Crippen LogP contribution in [0.1, 0.15) is 11.4 Å². The van der Waals surface area contributed by atoms with Gasteiger partial charge in [-0.3, -0.25) is 18.2 Å². The van der Waals surface area contributed by atoms with Crippen molar-refractivity contribution in [3.8, 4) is 0 Å². The maximum Gasteiger partial charge on any atom is 2.00 e. The molecule has 0 aliphatic carbocycles. The van der Waals surface area contributed by atoms with Crippen molar-refractivity contribution in [1.82, 2.24) is 0 Å². The van der Waals surface area contributed by atoms with Crippen molar-refractivity contribution in [2.24, 2.45) is 0 Å². The fraction of sp³-hybridized carbons (Fsp3) is 0. The number of hydrogen-bond donors (Lipinski definition) is 4. The molecule has 0 aliphatic heterocycles. The quantitative estimate of drug-likeness (QED) is 0.198. The van der Waals surface area contributed by atoms with Gasteiger partial charge in [-0.25, -0.2) is 0 Å². The van der Waals surface area contributed by atoms with Gasteiger partial charge in [0.2, 0.25) is 0 Å². The van der Waals surface area contributed by atoms with Crippen molar-refractivity contribution in [1.29, 1.82) is 0 Å². The van der Waals surface area contributed by atoms with E-state index in [4.69, 9.17) is 35.0 Å². The third kappa shape index (κ3) is 239. The first kappa shape index (κ1) is 64.2. The molecule has 8 nitrogen and oxygen atoms in total. The maximum atomic E-state index is 8.74. The van der Waals surface area contributed by atoms with E-state index in [1.54, 1.807) is 0 Å². The molecule has 0 fully saturated rings. The minimum atomic E-state index is -4.67. The maximum absolute atomic E-state index is 8.74. The SMILES string of the molecule is Cl.Cl.Cl.O=S(=O)(O)O.O=S(=O)(O)O.[Ca+2].[H-].[H-].[H-].[H-].[H-].[H-].[H-].[H-].[K+].[K+].[Mg+2].[Mg+2]. The molecule has 0 unspecified atom stereocenters. The van der Waals surface area contributed by atoms with Gasteiger partial charge >= 0.3 is 207 Å². The van der Waals surface area contributed by atoms with Gasteiger partial charge in [-0.05, 0) is 0 Å². The molecule has 0 saturated carbocycles. The summed E-state index contributed by atoms with van der Waals surface area (Å²) in [6, 6.07) is 0. The van der Waals surface area contributed by atoms with E-state index in [2.05, 4.69) is 0 Å². The van der Waals surface area contributed by atoms with Crippen LogP contribution in [-0.2, 0) is 20.8 Å². The van der Waals surface area contributed by atoms with Crippen molar-refractivity contribution in [2.45, 2.75) is 0 Å². The average Bonchev–Trinajstić information content (AvgIpc) is 1.12. The third-order valence-corrected chi connectivity index (χ3v) is 0. The predicted molar refractivity (Wildman–Crippen MR) is 76.3 cm³/mol. The Kier molecular flexibility index (Phi) is 125. The molecule has 0 spiro atoms. The van der Waals surface area contributed by atoms with Crippen molar-refractivity contribution in [2.75, 3.05) is 0 Å². The number of rotatable bonds is 0. The smallest absolute Gasteiger partial charge is 1.00 e. The molecule has 18 heavy (non-hydrogen) atoms. The monoisotopic (exact) mass is 478 g/mol. The number of hydrogen-bond acceptors (Lipinski definition) is 4. The van der Waals surface area contributed by atoms with Crippen LogP contribution >= 0.6 is 37.2 Å². The Morgan fingerprint density at radius 2 is 0.611 bits per heavy atom. The van der Waals surface area contributed by atoms with Gasteiger partial charge in [0.05, 0.1) is 0 Å². The van der Waals surface area contributed by atoms with Crippen molar-refractivity contribution in [3.63, 3.8) is 0 Å². The topological polar surface area (TPSA) is 149 Å². The summed E-state index contributed by atoms with van der Waals surface area (Å²) in [6.45, 7) is 0. The van der Waals surface area contributed by atoms with Crippen LogP contribution < -0.4 is 103 Å². The van der Waals surface area contributed by atoms with Crippen LogP contribution in [0.3, 0.4) is 0 Å². The van der Waals surface area contributed by atoms with Gasteiger partial charge in [-0.2, -0.15) is 16.8 Å². The van der Waals surface area contributed by atoms with E-state index < -0.39 is 20.8 Å². The van der Waals surface area contributed by atoms with Gasteiger partial charge in [0.25, 0.3) is 0 Å². The van der Waals surface area contributed by atoms with E-state index in [0.29, 0.717) is 0 Å². The molecule has 18 heteroatoms. The molecular formula is H15CaCl3K2Mg2O8S2. The van der Waals surface area contributed by atoms with Crippen LogP contribution in [-0.4, -0.2) is 119 Å². The molecule has 0 aromatic rings. The molecule has 0 aliphatic rings. The summed E-state index contributed by atoms with van der Waals surface area (Å²) in [6.07, 6.45) is 0. The molecule has 0 amide bonds. The van der Waals surface area contributed by atoms with Gasteiger partial charge < -0.3 is 11.4 Å². The van der Waals surface area contributed by atoms with E-state index in [0.717, 1.165) is 0 Å². The molecule has 0 bridgehead atoms. The molecule has 0 saturated heterocycles. The van der Waals surface area contributed by atoms with Crippen LogP contribution in [0.5, 0.6) is 0 Å². The Bertz CT molecular complexity index is 260. The standard InChI is InChI=1S/Ca.3ClH.2K.2Mg.2H2O4S.8H/c;;;;;;;;2*1-5(2,3)4;;;;;;;;/h;3*1H;;;;;2*(H2,1,2,3,4);;;;;;;;/q+2;;;;2*+1;2*+2;;;8*-1. The molecule has 0 heterocycles. The van der Waals surface area contributed by atoms with Crippen molar-refractivity contribution < 1.29 is 149 Å². The van der Waals surface area contributed by atoms with Crippen LogP contribution in [0, 0.1) is 0 Å². The first-order valence-electron chi connectivity index (χ1n) is 1.40. The summed E-state index contributed by atoms with van der Waals surface area (Å²) >= 11 is 0. The second kappa shape index (κ2) is 34.9. The average molecular weight is 480 g/mol. The van der Waals surface area contributed by atoms with Gasteiger partial charge in [0.15, 0.2) is 0 Å². The van der Waals surface area contributed by atoms with Crippen LogP contribution in [0.2, 0.25) is 0 Å². The minimum absolute atomic E-state index is 0. The van der Waals surface area contributed by atoms with Gasteiger partial charge in [0, 0.05) is 0 Å². The molecule has 0 radical (unpaired) electrons. The molecular weight excluding hydrogens is 465 g/mol. The fourth-order valence-electron chi connectivity index (χ4n) is 0. The zero-order valence-electron chi connectivity index (χ0n) is 17.6. The second-order valence-electron chi connectivity index (χ2n) is 0.896. The van der Waals surface area contributed by atoms with Gasteiger partial charge in [-0.1, -0.05) is 0 Å². The van der Waals surface area contributed by atoms with E-state index in [-0.39, 0.29) is 235 Å². The normalized spacial score (nSPS) is 6.44. The van der Waals surface area contributed by atoms with E-state index in [1.807, 2.05) is 0 Å². The van der Waals surface area contributed by atoms with E-state index >= 15 is 0 Å². The molecule has 104 valence electrons. The first-order chi connectivity index (χ1) is 4.00. The van der Waals surface area contributed by atoms with Crippen LogP contribution in [0.15, 0.2) is 0 Å². The van der Waals surface area contributed by atoms with Crippen LogP contribution in [0.25, 0.3) is 0 Å². The molecule has 0 aromatic heterocycles. The first-order valence-corrected chi connectivity index (χ1v) is 4.19. The van der Waals surface area contributed by atoms with Crippen LogP contribution in [0.4, 0.5) is 0 Å². The number of halogens is 3. The third-order valence-electron chi connectivity index (χ3n) is 0. The summed E-state index contributed by atoms with van der Waals surface area (Å²) < 4.78 is 63.2. The summed E-state index contributed by atoms with van der Waals surface area (Å²) in [5, 5.41) is 0. The summed E-state index contributed by atoms with van der Waals surface area (Å²) in [5.41, 5.74) is 0. The second-order valence-corrected chi connectivity index (χ2v) is 2.69. The van der Waals surface area contributed by atoms with Gasteiger partial charge in [0.1, 0.15) is 0 Å². The van der Waals surface area contributed by atoms with Crippen molar-refractivity contribution >= 4 is 142 Å². The van der Waals surface area contributed by atoms with Gasteiger partial charge in [-0.15, -0.1) is 37.2 Å². The largest absolute Gasteiger partial charge is 2.00 e. The summed E-state index contributed by atoms with van der Waals surface area (Å²) in [7, 11) is -9.33. The summed E-state index contributed by atoms with van der Waals surface area (Å²) in [4.78, 5) is 0. The zero-order chi connectivity index (χ0) is 9.00. The Morgan fingerprint density at radius 3 is 0.611 bits per heavy atom. The summed E-state index contributed by atoms with van der Waals surface area (Å²) in [5.74, 6) is 0. The molecule has 0 aromatic carbocycles.